The maximum absolute atomic E-state index is 9.08. The molecule has 0 aliphatic rings. The molecule has 1 atom stereocenters. The zero-order chi connectivity index (χ0) is 9.14. The highest BCUT2D eigenvalue weighted by molar-refractivity contribution is 5.53. The Morgan fingerprint density at radius 1 is 1.42 bits per heavy atom. The first kappa shape index (κ1) is 8.87. The zero-order valence-corrected chi connectivity index (χ0v) is 7.20. The highest BCUT2D eigenvalue weighted by Crippen LogP contribution is 2.20. The van der Waals surface area contributed by atoms with Gasteiger partial charge in [0, 0.05) is 5.69 Å². The number of rotatable bonds is 2. The van der Waals surface area contributed by atoms with Crippen LogP contribution in [0, 0.1) is 6.92 Å². The molecule has 1 unspecified atom stereocenters. The van der Waals surface area contributed by atoms with Gasteiger partial charge in [-0.25, -0.2) is 0 Å². The van der Waals surface area contributed by atoms with Gasteiger partial charge < -0.3 is 15.5 Å². The van der Waals surface area contributed by atoms with E-state index in [0.29, 0.717) is 0 Å². The normalized spacial score (nSPS) is 12.6. The molecule has 0 aromatic heterocycles. The summed E-state index contributed by atoms with van der Waals surface area (Å²) >= 11 is 0. The second-order valence-corrected chi connectivity index (χ2v) is 2.82. The maximum atomic E-state index is 9.08. The Morgan fingerprint density at radius 2 is 2.08 bits per heavy atom. The van der Waals surface area contributed by atoms with Crippen molar-refractivity contribution in [3.8, 4) is 5.75 Å². The summed E-state index contributed by atoms with van der Waals surface area (Å²) < 4.78 is 0. The van der Waals surface area contributed by atoms with E-state index in [1.165, 1.54) is 0 Å². The minimum Gasteiger partial charge on any atom is -0.508 e. The minimum atomic E-state index is -0.576. The van der Waals surface area contributed by atoms with Crippen LogP contribution in [0.4, 0.5) is 5.69 Å². The standard InChI is InChI=1S/C9H13NO2/c1-6-5-8(12)3-4-9(6)10-7(2)11/h3-5,7,10-12H,1-2H3. The highest BCUT2D eigenvalue weighted by atomic mass is 16.3. The van der Waals surface area contributed by atoms with Gasteiger partial charge in [-0.3, -0.25) is 0 Å². The van der Waals surface area contributed by atoms with Gasteiger partial charge >= 0.3 is 0 Å². The Bertz CT molecular complexity index is 271. The van der Waals surface area contributed by atoms with Crippen molar-refractivity contribution in [2.24, 2.45) is 0 Å². The lowest BCUT2D eigenvalue weighted by Gasteiger charge is -2.11. The van der Waals surface area contributed by atoms with Crippen LogP contribution in [-0.2, 0) is 0 Å². The lowest BCUT2D eigenvalue weighted by molar-refractivity contribution is 0.224. The molecule has 0 aliphatic heterocycles. The monoisotopic (exact) mass is 167 g/mol. The Hall–Kier alpha value is -1.22. The van der Waals surface area contributed by atoms with Crippen molar-refractivity contribution in [3.63, 3.8) is 0 Å². The molecule has 0 amide bonds. The van der Waals surface area contributed by atoms with Crippen LogP contribution in [0.15, 0.2) is 18.2 Å². The molecule has 0 fully saturated rings. The topological polar surface area (TPSA) is 52.5 Å². The zero-order valence-electron chi connectivity index (χ0n) is 7.20. The van der Waals surface area contributed by atoms with Crippen LogP contribution >= 0.6 is 0 Å². The van der Waals surface area contributed by atoms with Crippen molar-refractivity contribution in [1.29, 1.82) is 0 Å². The van der Waals surface area contributed by atoms with E-state index in [4.69, 9.17) is 10.2 Å². The fraction of sp³-hybridized carbons (Fsp3) is 0.333. The number of phenols is 1. The van der Waals surface area contributed by atoms with Gasteiger partial charge in [0.2, 0.25) is 0 Å². The summed E-state index contributed by atoms with van der Waals surface area (Å²) in [6, 6.07) is 4.96. The third-order valence-corrected chi connectivity index (χ3v) is 1.57. The van der Waals surface area contributed by atoms with Crippen molar-refractivity contribution in [3.05, 3.63) is 23.8 Å². The molecular weight excluding hydrogens is 154 g/mol. The van der Waals surface area contributed by atoms with Crippen molar-refractivity contribution in [2.75, 3.05) is 5.32 Å². The van der Waals surface area contributed by atoms with Crippen LogP contribution in [0.25, 0.3) is 0 Å². The molecule has 0 saturated heterocycles. The average molecular weight is 167 g/mol. The van der Waals surface area contributed by atoms with Crippen molar-refractivity contribution in [1.82, 2.24) is 0 Å². The number of hydrogen-bond donors (Lipinski definition) is 3. The molecule has 1 aromatic rings. The molecular formula is C9H13NO2. The van der Waals surface area contributed by atoms with E-state index in [-0.39, 0.29) is 5.75 Å². The summed E-state index contributed by atoms with van der Waals surface area (Å²) in [6.45, 7) is 3.51. The molecule has 12 heavy (non-hydrogen) atoms. The Morgan fingerprint density at radius 3 is 2.58 bits per heavy atom. The molecule has 66 valence electrons. The average Bonchev–Trinajstić information content (AvgIpc) is 1.94. The SMILES string of the molecule is Cc1cc(O)ccc1NC(C)O. The highest BCUT2D eigenvalue weighted by Gasteiger charge is 2.00. The summed E-state index contributed by atoms with van der Waals surface area (Å²) in [4.78, 5) is 0. The van der Waals surface area contributed by atoms with Gasteiger partial charge in [0.05, 0.1) is 0 Å². The lowest BCUT2D eigenvalue weighted by Crippen LogP contribution is -2.13. The molecule has 3 nitrogen and oxygen atoms in total. The summed E-state index contributed by atoms with van der Waals surface area (Å²) in [6.07, 6.45) is -0.576. The van der Waals surface area contributed by atoms with E-state index < -0.39 is 6.23 Å². The molecule has 1 aromatic carbocycles. The number of phenolic OH excluding ortho intramolecular Hbond substituents is 1. The number of nitrogens with one attached hydrogen (secondary N) is 1. The van der Waals surface area contributed by atoms with Crippen LogP contribution in [0.3, 0.4) is 0 Å². The van der Waals surface area contributed by atoms with Gasteiger partial charge in [-0.1, -0.05) is 0 Å². The fourth-order valence-corrected chi connectivity index (χ4v) is 1.03. The van der Waals surface area contributed by atoms with E-state index >= 15 is 0 Å². The molecule has 0 aliphatic carbocycles. The maximum Gasteiger partial charge on any atom is 0.121 e. The second-order valence-electron chi connectivity index (χ2n) is 2.82. The third kappa shape index (κ3) is 2.13. The first-order valence-electron chi connectivity index (χ1n) is 3.84. The third-order valence-electron chi connectivity index (χ3n) is 1.57. The van der Waals surface area contributed by atoms with E-state index in [9.17, 15) is 0 Å². The number of benzene rings is 1. The number of aryl methyl sites for hydroxylation is 1. The van der Waals surface area contributed by atoms with Crippen LogP contribution in [0.5, 0.6) is 5.75 Å². The number of anilines is 1. The quantitative estimate of drug-likeness (QED) is 0.461. The van der Waals surface area contributed by atoms with Gasteiger partial charge in [-0.05, 0) is 37.6 Å². The number of hydrogen-bond acceptors (Lipinski definition) is 3. The Balaban J connectivity index is 2.86. The largest absolute Gasteiger partial charge is 0.508 e. The van der Waals surface area contributed by atoms with E-state index in [0.717, 1.165) is 11.3 Å². The summed E-state index contributed by atoms with van der Waals surface area (Å²) in [5, 5.41) is 21.0. The smallest absolute Gasteiger partial charge is 0.121 e. The number of aromatic hydroxyl groups is 1. The molecule has 1 rings (SSSR count). The van der Waals surface area contributed by atoms with Crippen LogP contribution in [0.2, 0.25) is 0 Å². The van der Waals surface area contributed by atoms with E-state index in [2.05, 4.69) is 5.32 Å². The van der Waals surface area contributed by atoms with Gasteiger partial charge in [0.15, 0.2) is 0 Å². The first-order chi connectivity index (χ1) is 5.59. The molecule has 3 N–H and O–H groups in total. The van der Waals surface area contributed by atoms with E-state index in [1.54, 1.807) is 25.1 Å². The number of aliphatic hydroxyl groups is 1. The molecule has 0 heterocycles. The minimum absolute atomic E-state index is 0.239. The van der Waals surface area contributed by atoms with Crippen LogP contribution in [-0.4, -0.2) is 16.4 Å². The lowest BCUT2D eigenvalue weighted by atomic mass is 10.2. The van der Waals surface area contributed by atoms with Crippen molar-refractivity contribution < 1.29 is 10.2 Å². The molecule has 0 bridgehead atoms. The van der Waals surface area contributed by atoms with Gasteiger partial charge in [0.1, 0.15) is 12.0 Å². The fourth-order valence-electron chi connectivity index (χ4n) is 1.03. The van der Waals surface area contributed by atoms with Crippen molar-refractivity contribution in [2.45, 2.75) is 20.1 Å². The van der Waals surface area contributed by atoms with Crippen molar-refractivity contribution >= 4 is 5.69 Å². The van der Waals surface area contributed by atoms with E-state index in [1.807, 2.05) is 6.92 Å². The van der Waals surface area contributed by atoms with Crippen LogP contribution in [0.1, 0.15) is 12.5 Å². The molecule has 0 spiro atoms. The molecule has 0 saturated carbocycles. The molecule has 3 heteroatoms. The summed E-state index contributed by atoms with van der Waals surface area (Å²) in [5.74, 6) is 0.239. The predicted octanol–water partition coefficient (Wildman–Crippen LogP) is 1.45. The number of aliphatic hydroxyl groups excluding tert-OH is 1. The second kappa shape index (κ2) is 3.45. The summed E-state index contributed by atoms with van der Waals surface area (Å²) in [5.41, 5.74) is 1.75. The van der Waals surface area contributed by atoms with Gasteiger partial charge in [-0.15, -0.1) is 0 Å². The van der Waals surface area contributed by atoms with Crippen LogP contribution < -0.4 is 5.32 Å². The van der Waals surface area contributed by atoms with Gasteiger partial charge in [-0.2, -0.15) is 0 Å². The molecule has 0 radical (unpaired) electrons. The van der Waals surface area contributed by atoms with Gasteiger partial charge in [0.25, 0.3) is 0 Å². The predicted molar refractivity (Wildman–Crippen MR) is 48.1 cm³/mol. The summed E-state index contributed by atoms with van der Waals surface area (Å²) in [7, 11) is 0. The Kier molecular flexibility index (Phi) is 2.55. The first-order valence-corrected chi connectivity index (χ1v) is 3.84. The Labute approximate surface area is 71.7 Å².